The highest BCUT2D eigenvalue weighted by molar-refractivity contribution is 7.98. The van der Waals surface area contributed by atoms with E-state index in [1.54, 1.807) is 30.2 Å². The zero-order valence-electron chi connectivity index (χ0n) is 19.8. The second kappa shape index (κ2) is 11.4. The lowest BCUT2D eigenvalue weighted by atomic mass is 10.0. The maximum Gasteiger partial charge on any atom is 0.251 e. The standard InChI is InChI=1S/C27H32N4O2S/c1-19-7-6-8-20(17-19)26(32)30-24(12-16-34-2)27(33)29-23-9-10-25(31-14-4-3-5-15-31)21-11-13-28-18-22(21)23/h6-11,13,17-18,24H,3-5,12,14-16H2,1-2H3,(H,29,33)(H,30,32). The minimum absolute atomic E-state index is 0.217. The van der Waals surface area contributed by atoms with Crippen molar-refractivity contribution in [3.05, 3.63) is 66.0 Å². The van der Waals surface area contributed by atoms with Crippen LogP contribution in [0.3, 0.4) is 0 Å². The van der Waals surface area contributed by atoms with Gasteiger partial charge in [0.15, 0.2) is 0 Å². The number of piperidine rings is 1. The molecule has 178 valence electrons. The molecule has 1 aliphatic heterocycles. The summed E-state index contributed by atoms with van der Waals surface area (Å²) in [5, 5.41) is 8.00. The lowest BCUT2D eigenvalue weighted by Gasteiger charge is -2.30. The molecule has 34 heavy (non-hydrogen) atoms. The summed E-state index contributed by atoms with van der Waals surface area (Å²) in [4.78, 5) is 32.9. The number of amides is 2. The van der Waals surface area contributed by atoms with Gasteiger partial charge in [-0.15, -0.1) is 0 Å². The van der Waals surface area contributed by atoms with E-state index >= 15 is 0 Å². The van der Waals surface area contributed by atoms with Gasteiger partial charge in [0.25, 0.3) is 5.91 Å². The van der Waals surface area contributed by atoms with Crippen molar-refractivity contribution in [2.75, 3.05) is 35.3 Å². The monoisotopic (exact) mass is 476 g/mol. The molecule has 0 bridgehead atoms. The number of rotatable bonds is 8. The third kappa shape index (κ3) is 5.70. The number of nitrogens with zero attached hydrogens (tertiary/aromatic N) is 2. The van der Waals surface area contributed by atoms with Crippen LogP contribution in [0.5, 0.6) is 0 Å². The van der Waals surface area contributed by atoms with Crippen LogP contribution in [0.2, 0.25) is 0 Å². The first-order valence-electron chi connectivity index (χ1n) is 11.9. The summed E-state index contributed by atoms with van der Waals surface area (Å²) < 4.78 is 0. The van der Waals surface area contributed by atoms with E-state index in [1.807, 2.05) is 43.5 Å². The molecular formula is C27H32N4O2S. The SMILES string of the molecule is CSCCC(NC(=O)c1cccc(C)c1)C(=O)Nc1ccc(N2CCCCC2)c2ccncc12. The average Bonchev–Trinajstić information content (AvgIpc) is 2.87. The van der Waals surface area contributed by atoms with Crippen LogP contribution in [-0.4, -0.2) is 47.9 Å². The molecule has 0 spiro atoms. The lowest BCUT2D eigenvalue weighted by molar-refractivity contribution is -0.118. The fourth-order valence-corrected chi connectivity index (χ4v) is 4.92. The van der Waals surface area contributed by atoms with Gasteiger partial charge in [0, 0.05) is 47.5 Å². The molecule has 2 amide bonds. The molecule has 1 saturated heterocycles. The molecule has 4 rings (SSSR count). The van der Waals surface area contributed by atoms with Crippen LogP contribution >= 0.6 is 11.8 Å². The van der Waals surface area contributed by atoms with Gasteiger partial charge >= 0.3 is 0 Å². The van der Waals surface area contributed by atoms with E-state index in [4.69, 9.17) is 0 Å². The molecule has 7 heteroatoms. The van der Waals surface area contributed by atoms with Gasteiger partial charge in [0.05, 0.1) is 5.69 Å². The molecular weight excluding hydrogens is 444 g/mol. The summed E-state index contributed by atoms with van der Waals surface area (Å²) in [5.41, 5.74) is 3.46. The molecule has 1 fully saturated rings. The molecule has 1 aliphatic rings. The number of carbonyl (C=O) groups is 2. The van der Waals surface area contributed by atoms with Crippen molar-refractivity contribution in [1.82, 2.24) is 10.3 Å². The second-order valence-electron chi connectivity index (χ2n) is 8.77. The number of benzene rings is 2. The number of hydrogen-bond donors (Lipinski definition) is 2. The summed E-state index contributed by atoms with van der Waals surface area (Å²) in [7, 11) is 0. The summed E-state index contributed by atoms with van der Waals surface area (Å²) in [6.45, 7) is 4.04. The lowest BCUT2D eigenvalue weighted by Crippen LogP contribution is -2.44. The topological polar surface area (TPSA) is 74.3 Å². The number of carbonyl (C=O) groups excluding carboxylic acids is 2. The number of fused-ring (bicyclic) bond motifs is 1. The summed E-state index contributed by atoms with van der Waals surface area (Å²) in [6.07, 6.45) is 9.81. The first-order valence-corrected chi connectivity index (χ1v) is 13.2. The van der Waals surface area contributed by atoms with Gasteiger partial charge < -0.3 is 15.5 Å². The van der Waals surface area contributed by atoms with Gasteiger partial charge in [-0.2, -0.15) is 11.8 Å². The maximum absolute atomic E-state index is 13.3. The predicted octanol–water partition coefficient (Wildman–Crippen LogP) is 5.02. The van der Waals surface area contributed by atoms with Crippen LogP contribution in [0.1, 0.15) is 41.6 Å². The highest BCUT2D eigenvalue weighted by Gasteiger charge is 2.23. The fraction of sp³-hybridized carbons (Fsp3) is 0.370. The smallest absolute Gasteiger partial charge is 0.251 e. The van der Waals surface area contributed by atoms with Crippen LogP contribution in [-0.2, 0) is 4.79 Å². The van der Waals surface area contributed by atoms with E-state index in [9.17, 15) is 9.59 Å². The second-order valence-corrected chi connectivity index (χ2v) is 9.75. The average molecular weight is 477 g/mol. The molecule has 0 saturated carbocycles. The van der Waals surface area contributed by atoms with Crippen LogP contribution in [0.4, 0.5) is 11.4 Å². The molecule has 6 nitrogen and oxygen atoms in total. The van der Waals surface area contributed by atoms with Crippen molar-refractivity contribution in [2.45, 2.75) is 38.6 Å². The molecule has 0 aliphatic carbocycles. The Kier molecular flexibility index (Phi) is 8.06. The molecule has 0 radical (unpaired) electrons. The Bertz CT molecular complexity index is 1160. The number of pyridine rings is 1. The van der Waals surface area contributed by atoms with E-state index in [0.29, 0.717) is 17.7 Å². The van der Waals surface area contributed by atoms with Crippen LogP contribution in [0, 0.1) is 6.92 Å². The zero-order chi connectivity index (χ0) is 23.9. The van der Waals surface area contributed by atoms with E-state index in [-0.39, 0.29) is 11.8 Å². The van der Waals surface area contributed by atoms with Crippen LogP contribution in [0.15, 0.2) is 54.9 Å². The minimum atomic E-state index is -0.631. The summed E-state index contributed by atoms with van der Waals surface area (Å²) in [5.74, 6) is 0.311. The van der Waals surface area contributed by atoms with Gasteiger partial charge in [-0.1, -0.05) is 17.7 Å². The van der Waals surface area contributed by atoms with E-state index in [2.05, 4.69) is 26.6 Å². The first kappa shape index (κ1) is 24.1. The van der Waals surface area contributed by atoms with Gasteiger partial charge in [0.2, 0.25) is 5.91 Å². The number of nitrogens with one attached hydrogen (secondary N) is 2. The third-order valence-corrected chi connectivity index (χ3v) is 6.91. The Labute approximate surface area is 205 Å². The molecule has 2 heterocycles. The van der Waals surface area contributed by atoms with E-state index < -0.39 is 6.04 Å². The molecule has 1 unspecified atom stereocenters. The first-order chi connectivity index (χ1) is 16.6. The van der Waals surface area contributed by atoms with Crippen molar-refractivity contribution in [3.63, 3.8) is 0 Å². The maximum atomic E-state index is 13.3. The molecule has 2 N–H and O–H groups in total. The Morgan fingerprint density at radius 2 is 1.91 bits per heavy atom. The normalized spacial score (nSPS) is 14.6. The van der Waals surface area contributed by atoms with Crippen LogP contribution in [0.25, 0.3) is 10.8 Å². The van der Waals surface area contributed by atoms with Gasteiger partial charge in [-0.3, -0.25) is 14.6 Å². The number of hydrogen-bond acceptors (Lipinski definition) is 5. The van der Waals surface area contributed by atoms with E-state index in [0.717, 1.165) is 35.2 Å². The van der Waals surface area contributed by atoms with Crippen molar-refractivity contribution < 1.29 is 9.59 Å². The Balaban J connectivity index is 1.56. The molecule has 3 aromatic rings. The summed E-state index contributed by atoms with van der Waals surface area (Å²) >= 11 is 1.65. The number of aromatic nitrogens is 1. The molecule has 2 aromatic carbocycles. The Morgan fingerprint density at radius 3 is 2.68 bits per heavy atom. The van der Waals surface area contributed by atoms with Crippen molar-refractivity contribution in [1.29, 1.82) is 0 Å². The number of aryl methyl sites for hydroxylation is 1. The van der Waals surface area contributed by atoms with Gasteiger partial charge in [-0.05, 0) is 74.9 Å². The third-order valence-electron chi connectivity index (χ3n) is 6.26. The van der Waals surface area contributed by atoms with E-state index in [1.165, 1.54) is 24.9 Å². The Morgan fingerprint density at radius 1 is 1.09 bits per heavy atom. The number of thioether (sulfide) groups is 1. The van der Waals surface area contributed by atoms with Gasteiger partial charge in [0.1, 0.15) is 6.04 Å². The fourth-order valence-electron chi connectivity index (χ4n) is 4.45. The van der Waals surface area contributed by atoms with Crippen molar-refractivity contribution >= 4 is 45.7 Å². The van der Waals surface area contributed by atoms with Crippen LogP contribution < -0.4 is 15.5 Å². The zero-order valence-corrected chi connectivity index (χ0v) is 20.7. The van der Waals surface area contributed by atoms with Gasteiger partial charge in [-0.25, -0.2) is 0 Å². The summed E-state index contributed by atoms with van der Waals surface area (Å²) in [6, 6.07) is 12.8. The van der Waals surface area contributed by atoms with Crippen molar-refractivity contribution in [2.24, 2.45) is 0 Å². The quantitative estimate of drug-likeness (QED) is 0.477. The minimum Gasteiger partial charge on any atom is -0.371 e. The largest absolute Gasteiger partial charge is 0.371 e. The van der Waals surface area contributed by atoms with Crippen molar-refractivity contribution in [3.8, 4) is 0 Å². The highest BCUT2D eigenvalue weighted by Crippen LogP contribution is 2.33. The predicted molar refractivity (Wildman–Crippen MR) is 142 cm³/mol. The molecule has 1 aromatic heterocycles. The Hall–Kier alpha value is -3.06. The molecule has 1 atom stereocenters. The number of anilines is 2. The highest BCUT2D eigenvalue weighted by atomic mass is 32.2.